The van der Waals surface area contributed by atoms with E-state index >= 15 is 0 Å². The van der Waals surface area contributed by atoms with E-state index in [1.807, 2.05) is 36.4 Å². The molecule has 2 aromatic heterocycles. The topological polar surface area (TPSA) is 83.3 Å². The minimum Gasteiger partial charge on any atom is -0.497 e. The summed E-state index contributed by atoms with van der Waals surface area (Å²) in [6.45, 7) is 0.516. The SMILES string of the molecule is COc1ccc(-c2ccc(C(NCCO)c3cn[nH]c3-c3ccco3)cc2)cc1. The van der Waals surface area contributed by atoms with E-state index in [0.29, 0.717) is 6.54 Å². The average molecular weight is 389 g/mol. The molecule has 0 bridgehead atoms. The number of methoxy groups -OCH3 is 1. The number of hydrogen-bond acceptors (Lipinski definition) is 5. The molecule has 0 aliphatic carbocycles. The van der Waals surface area contributed by atoms with Crippen molar-refractivity contribution in [3.8, 4) is 28.3 Å². The number of nitrogens with zero attached hydrogens (tertiary/aromatic N) is 1. The fourth-order valence-electron chi connectivity index (χ4n) is 3.40. The number of aliphatic hydroxyl groups is 1. The van der Waals surface area contributed by atoms with Crippen LogP contribution in [0.15, 0.2) is 77.5 Å². The molecule has 1 atom stereocenters. The van der Waals surface area contributed by atoms with Crippen LogP contribution in [0.3, 0.4) is 0 Å². The fourth-order valence-corrected chi connectivity index (χ4v) is 3.40. The van der Waals surface area contributed by atoms with Crippen LogP contribution in [0.4, 0.5) is 0 Å². The zero-order valence-corrected chi connectivity index (χ0v) is 16.1. The standard InChI is InChI=1S/C23H23N3O3/c1-28-19-10-8-17(9-11-19)16-4-6-18(7-5-16)22(24-12-13-27)20-15-25-26-23(20)21-3-2-14-29-21/h2-11,14-15,22,24,27H,12-13H2,1H3,(H,25,26). The predicted molar refractivity (Wildman–Crippen MR) is 112 cm³/mol. The van der Waals surface area contributed by atoms with Crippen LogP contribution >= 0.6 is 0 Å². The van der Waals surface area contributed by atoms with Gasteiger partial charge in [-0.25, -0.2) is 0 Å². The van der Waals surface area contributed by atoms with Crippen LogP contribution in [0.25, 0.3) is 22.6 Å². The first-order valence-corrected chi connectivity index (χ1v) is 9.46. The van der Waals surface area contributed by atoms with Gasteiger partial charge in [0.15, 0.2) is 5.76 Å². The van der Waals surface area contributed by atoms with E-state index in [-0.39, 0.29) is 12.6 Å². The van der Waals surface area contributed by atoms with E-state index in [9.17, 15) is 5.11 Å². The molecule has 29 heavy (non-hydrogen) atoms. The van der Waals surface area contributed by atoms with Gasteiger partial charge in [0.05, 0.1) is 32.2 Å². The van der Waals surface area contributed by atoms with E-state index in [4.69, 9.17) is 9.15 Å². The van der Waals surface area contributed by atoms with Crippen LogP contribution in [0.2, 0.25) is 0 Å². The second-order valence-electron chi connectivity index (χ2n) is 6.64. The Morgan fingerprint density at radius 3 is 2.41 bits per heavy atom. The molecule has 3 N–H and O–H groups in total. The minimum absolute atomic E-state index is 0.0500. The summed E-state index contributed by atoms with van der Waals surface area (Å²) in [7, 11) is 1.66. The maximum Gasteiger partial charge on any atom is 0.151 e. The van der Waals surface area contributed by atoms with Gasteiger partial charge in [-0.15, -0.1) is 0 Å². The van der Waals surface area contributed by atoms with Crippen molar-refractivity contribution in [2.24, 2.45) is 0 Å². The van der Waals surface area contributed by atoms with Crippen molar-refractivity contribution in [2.45, 2.75) is 6.04 Å². The number of H-pyrrole nitrogens is 1. The number of hydrogen-bond donors (Lipinski definition) is 3. The van der Waals surface area contributed by atoms with Crippen LogP contribution in [0.1, 0.15) is 17.2 Å². The van der Waals surface area contributed by atoms with Gasteiger partial charge in [0.1, 0.15) is 11.4 Å². The van der Waals surface area contributed by atoms with Gasteiger partial charge in [-0.2, -0.15) is 5.10 Å². The number of ether oxygens (including phenoxy) is 1. The summed E-state index contributed by atoms with van der Waals surface area (Å²) in [5.74, 6) is 1.56. The van der Waals surface area contributed by atoms with E-state index in [2.05, 4.69) is 39.8 Å². The van der Waals surface area contributed by atoms with Crippen molar-refractivity contribution in [1.82, 2.24) is 15.5 Å². The summed E-state index contributed by atoms with van der Waals surface area (Å²) in [6, 6.07) is 20.0. The lowest BCUT2D eigenvalue weighted by Gasteiger charge is -2.19. The summed E-state index contributed by atoms with van der Waals surface area (Å²) in [5, 5.41) is 20.0. The van der Waals surface area contributed by atoms with Crippen LogP contribution < -0.4 is 10.1 Å². The Morgan fingerprint density at radius 2 is 1.79 bits per heavy atom. The molecule has 2 heterocycles. The molecule has 0 aliphatic heterocycles. The quantitative estimate of drug-likeness (QED) is 0.424. The first kappa shape index (κ1) is 19.0. The molecule has 4 rings (SSSR count). The minimum atomic E-state index is -0.133. The number of rotatable bonds is 8. The summed E-state index contributed by atoms with van der Waals surface area (Å²) in [4.78, 5) is 0. The Morgan fingerprint density at radius 1 is 1.07 bits per heavy atom. The van der Waals surface area contributed by atoms with Crippen molar-refractivity contribution >= 4 is 0 Å². The molecular weight excluding hydrogens is 366 g/mol. The fraction of sp³-hybridized carbons (Fsp3) is 0.174. The van der Waals surface area contributed by atoms with E-state index in [1.54, 1.807) is 19.6 Å². The largest absolute Gasteiger partial charge is 0.497 e. The lowest BCUT2D eigenvalue weighted by Crippen LogP contribution is -2.25. The number of nitrogens with one attached hydrogen (secondary N) is 2. The Hall–Kier alpha value is -3.35. The maximum atomic E-state index is 9.33. The first-order chi connectivity index (χ1) is 14.3. The predicted octanol–water partition coefficient (Wildman–Crippen LogP) is 4.02. The monoisotopic (exact) mass is 389 g/mol. The molecule has 4 aromatic rings. The highest BCUT2D eigenvalue weighted by atomic mass is 16.5. The van der Waals surface area contributed by atoms with Gasteiger partial charge in [0, 0.05) is 12.1 Å². The Bertz CT molecular complexity index is 1020. The van der Waals surface area contributed by atoms with Gasteiger partial charge in [0.25, 0.3) is 0 Å². The molecule has 1 unspecified atom stereocenters. The van der Waals surface area contributed by atoms with Gasteiger partial charge >= 0.3 is 0 Å². The van der Waals surface area contributed by atoms with Gasteiger partial charge in [-0.05, 0) is 41.0 Å². The summed E-state index contributed by atoms with van der Waals surface area (Å²) in [5.41, 5.74) is 5.10. The Labute approximate surface area is 169 Å². The van der Waals surface area contributed by atoms with Crippen LogP contribution in [-0.4, -0.2) is 35.6 Å². The lowest BCUT2D eigenvalue weighted by atomic mass is 9.95. The molecule has 0 saturated carbocycles. The Balaban J connectivity index is 1.65. The molecule has 0 fully saturated rings. The van der Waals surface area contributed by atoms with E-state index in [0.717, 1.165) is 39.5 Å². The van der Waals surface area contributed by atoms with Crippen molar-refractivity contribution in [3.05, 3.63) is 84.3 Å². The molecule has 2 aromatic carbocycles. The molecule has 148 valence electrons. The average Bonchev–Trinajstić information content (AvgIpc) is 3.47. The van der Waals surface area contributed by atoms with Crippen molar-refractivity contribution in [3.63, 3.8) is 0 Å². The van der Waals surface area contributed by atoms with Crippen LogP contribution in [-0.2, 0) is 0 Å². The normalized spacial score (nSPS) is 12.1. The van der Waals surface area contributed by atoms with Gasteiger partial charge < -0.3 is 19.6 Å². The highest BCUT2D eigenvalue weighted by molar-refractivity contribution is 5.65. The zero-order chi connectivity index (χ0) is 20.1. The summed E-state index contributed by atoms with van der Waals surface area (Å²) in [6.07, 6.45) is 3.43. The summed E-state index contributed by atoms with van der Waals surface area (Å²) < 4.78 is 10.8. The third-order valence-electron chi connectivity index (χ3n) is 4.87. The van der Waals surface area contributed by atoms with Crippen molar-refractivity contribution in [2.75, 3.05) is 20.3 Å². The maximum absolute atomic E-state index is 9.33. The van der Waals surface area contributed by atoms with Crippen molar-refractivity contribution < 1.29 is 14.3 Å². The molecule has 0 amide bonds. The summed E-state index contributed by atoms with van der Waals surface area (Å²) >= 11 is 0. The number of aliphatic hydroxyl groups excluding tert-OH is 1. The highest BCUT2D eigenvalue weighted by Crippen LogP contribution is 2.32. The number of aromatic amines is 1. The molecule has 0 aliphatic rings. The molecule has 0 saturated heterocycles. The van der Waals surface area contributed by atoms with Crippen LogP contribution in [0, 0.1) is 0 Å². The first-order valence-electron chi connectivity index (χ1n) is 9.46. The van der Waals surface area contributed by atoms with Crippen molar-refractivity contribution in [1.29, 1.82) is 0 Å². The number of furan rings is 1. The van der Waals surface area contributed by atoms with E-state index in [1.165, 1.54) is 0 Å². The third kappa shape index (κ3) is 4.08. The molecule has 6 nitrogen and oxygen atoms in total. The third-order valence-corrected chi connectivity index (χ3v) is 4.87. The highest BCUT2D eigenvalue weighted by Gasteiger charge is 2.21. The Kier molecular flexibility index (Phi) is 5.74. The van der Waals surface area contributed by atoms with Gasteiger partial charge in [0.2, 0.25) is 0 Å². The number of aromatic nitrogens is 2. The van der Waals surface area contributed by atoms with Crippen LogP contribution in [0.5, 0.6) is 5.75 Å². The van der Waals surface area contributed by atoms with Gasteiger partial charge in [-0.3, -0.25) is 5.10 Å². The molecule has 0 spiro atoms. The molecule has 6 heteroatoms. The lowest BCUT2D eigenvalue weighted by molar-refractivity contribution is 0.288. The molecular formula is C23H23N3O3. The van der Waals surface area contributed by atoms with E-state index < -0.39 is 0 Å². The zero-order valence-electron chi connectivity index (χ0n) is 16.1. The smallest absolute Gasteiger partial charge is 0.151 e. The van der Waals surface area contributed by atoms with Gasteiger partial charge in [-0.1, -0.05) is 36.4 Å². The second-order valence-corrected chi connectivity index (χ2v) is 6.64. The number of benzene rings is 2. The second kappa shape index (κ2) is 8.77. The molecule has 0 radical (unpaired) electrons.